The maximum absolute atomic E-state index is 13.2. The fourth-order valence-electron chi connectivity index (χ4n) is 5.20. The molecule has 0 bridgehead atoms. The Morgan fingerprint density at radius 2 is 1.76 bits per heavy atom. The molecule has 0 radical (unpaired) electrons. The zero-order valence-electron chi connectivity index (χ0n) is 22.8. The Morgan fingerprint density at radius 1 is 0.902 bits per heavy atom. The summed E-state index contributed by atoms with van der Waals surface area (Å²) in [7, 11) is -3.69. The molecule has 1 fully saturated rings. The standard InChI is InChI=1S/C32H32N6O2S/c39-41(40,28-9-3-1-4-10-28)38-20-15-26-23-27(12-14-31(26)38)36-32-29-22-25(11-13-30(29)34-24-35-32)8-7-16-33-17-21-37-18-5-2-6-19-37/h1,3-4,9-15,20,22-24,33H,2,5-6,16-19,21H2,(H,34,35,36). The van der Waals surface area contributed by atoms with Crippen molar-refractivity contribution < 1.29 is 8.42 Å². The number of likely N-dealkylation sites (tertiary alicyclic amines) is 1. The van der Waals surface area contributed by atoms with Crippen molar-refractivity contribution in [2.75, 3.05) is 38.0 Å². The predicted molar refractivity (Wildman–Crippen MR) is 164 cm³/mol. The minimum Gasteiger partial charge on any atom is -0.340 e. The van der Waals surface area contributed by atoms with E-state index in [4.69, 9.17) is 0 Å². The lowest BCUT2D eigenvalue weighted by atomic mass is 10.1. The first-order valence-electron chi connectivity index (χ1n) is 13.9. The van der Waals surface area contributed by atoms with Crippen molar-refractivity contribution in [1.29, 1.82) is 0 Å². The van der Waals surface area contributed by atoms with E-state index >= 15 is 0 Å². The summed E-state index contributed by atoms with van der Waals surface area (Å²) in [6.45, 7) is 5.07. The highest BCUT2D eigenvalue weighted by atomic mass is 32.2. The molecule has 8 nitrogen and oxygen atoms in total. The van der Waals surface area contributed by atoms with Crippen LogP contribution in [0.5, 0.6) is 0 Å². The van der Waals surface area contributed by atoms with Crippen LogP contribution in [0.3, 0.4) is 0 Å². The van der Waals surface area contributed by atoms with Crippen LogP contribution in [0.25, 0.3) is 21.8 Å². The monoisotopic (exact) mass is 564 g/mol. The van der Waals surface area contributed by atoms with Crippen molar-refractivity contribution in [3.63, 3.8) is 0 Å². The van der Waals surface area contributed by atoms with Crippen molar-refractivity contribution in [3.8, 4) is 11.8 Å². The van der Waals surface area contributed by atoms with Crippen LogP contribution in [-0.4, -0.2) is 60.0 Å². The van der Waals surface area contributed by atoms with Crippen molar-refractivity contribution in [2.45, 2.75) is 24.2 Å². The van der Waals surface area contributed by atoms with Crippen LogP contribution >= 0.6 is 0 Å². The van der Waals surface area contributed by atoms with Gasteiger partial charge in [0.1, 0.15) is 12.1 Å². The molecule has 1 aliphatic rings. The van der Waals surface area contributed by atoms with Crippen molar-refractivity contribution >= 4 is 43.3 Å². The van der Waals surface area contributed by atoms with E-state index in [0.29, 0.717) is 17.9 Å². The third-order valence-corrected chi connectivity index (χ3v) is 9.06. The second kappa shape index (κ2) is 12.1. The number of piperidine rings is 1. The molecule has 3 aromatic carbocycles. The van der Waals surface area contributed by atoms with Gasteiger partial charge < -0.3 is 15.5 Å². The molecule has 0 saturated carbocycles. The lowest BCUT2D eigenvalue weighted by Crippen LogP contribution is -2.35. The van der Waals surface area contributed by atoms with Crippen LogP contribution in [0.2, 0.25) is 0 Å². The van der Waals surface area contributed by atoms with Crippen LogP contribution in [0.15, 0.2) is 90.2 Å². The van der Waals surface area contributed by atoms with E-state index < -0.39 is 10.0 Å². The molecule has 0 amide bonds. The Hall–Kier alpha value is -4.23. The second-order valence-corrected chi connectivity index (χ2v) is 12.0. The number of nitrogens with zero attached hydrogens (tertiary/aromatic N) is 4. The van der Waals surface area contributed by atoms with Gasteiger partial charge in [-0.1, -0.05) is 36.5 Å². The van der Waals surface area contributed by atoms with E-state index in [1.165, 1.54) is 42.7 Å². The molecule has 0 spiro atoms. The normalized spacial score (nSPS) is 14.1. The number of aromatic nitrogens is 3. The number of rotatable bonds is 8. The van der Waals surface area contributed by atoms with E-state index in [-0.39, 0.29) is 4.90 Å². The van der Waals surface area contributed by atoms with Gasteiger partial charge in [0.2, 0.25) is 0 Å². The minimum absolute atomic E-state index is 0.249. The van der Waals surface area contributed by atoms with E-state index in [0.717, 1.165) is 40.6 Å². The minimum atomic E-state index is -3.69. The molecule has 0 unspecified atom stereocenters. The number of fused-ring (bicyclic) bond motifs is 2. The highest BCUT2D eigenvalue weighted by molar-refractivity contribution is 7.90. The van der Waals surface area contributed by atoms with Gasteiger partial charge in [0, 0.05) is 41.3 Å². The number of hydrogen-bond acceptors (Lipinski definition) is 7. The van der Waals surface area contributed by atoms with Crippen molar-refractivity contribution in [3.05, 3.63) is 90.9 Å². The summed E-state index contributed by atoms with van der Waals surface area (Å²) < 4.78 is 27.7. The van der Waals surface area contributed by atoms with Crippen LogP contribution in [0.4, 0.5) is 11.5 Å². The van der Waals surface area contributed by atoms with E-state index in [2.05, 4.69) is 37.3 Å². The number of anilines is 2. The Bertz CT molecular complexity index is 1830. The summed E-state index contributed by atoms with van der Waals surface area (Å²) in [6.07, 6.45) is 7.09. The van der Waals surface area contributed by atoms with Gasteiger partial charge in [-0.15, -0.1) is 0 Å². The third-order valence-electron chi connectivity index (χ3n) is 7.35. The first-order valence-corrected chi connectivity index (χ1v) is 15.4. The molecule has 0 aliphatic carbocycles. The molecule has 6 rings (SSSR count). The lowest BCUT2D eigenvalue weighted by molar-refractivity contribution is 0.230. The summed E-state index contributed by atoms with van der Waals surface area (Å²) in [5.41, 5.74) is 3.11. The first-order chi connectivity index (χ1) is 20.1. The molecule has 3 heterocycles. The second-order valence-electron chi connectivity index (χ2n) is 10.2. The molecule has 2 aromatic heterocycles. The quantitative estimate of drug-likeness (QED) is 0.203. The Labute approximate surface area is 240 Å². The largest absolute Gasteiger partial charge is 0.340 e. The molecule has 9 heteroatoms. The summed E-state index contributed by atoms with van der Waals surface area (Å²) >= 11 is 0. The Balaban J connectivity index is 1.16. The van der Waals surface area contributed by atoms with Gasteiger partial charge in [-0.3, -0.25) is 0 Å². The van der Waals surface area contributed by atoms with Gasteiger partial charge in [0.05, 0.1) is 22.5 Å². The summed E-state index contributed by atoms with van der Waals surface area (Å²) in [5, 5.41) is 8.47. The van der Waals surface area contributed by atoms with Gasteiger partial charge in [-0.25, -0.2) is 22.4 Å². The molecule has 2 N–H and O–H groups in total. The van der Waals surface area contributed by atoms with Gasteiger partial charge in [-0.05, 0) is 80.5 Å². The number of hydrogen-bond donors (Lipinski definition) is 2. The molecule has 41 heavy (non-hydrogen) atoms. The number of benzene rings is 3. The van der Waals surface area contributed by atoms with Gasteiger partial charge >= 0.3 is 0 Å². The highest BCUT2D eigenvalue weighted by Gasteiger charge is 2.18. The molecule has 5 aromatic rings. The molecular formula is C32H32N6O2S. The molecule has 1 saturated heterocycles. The highest BCUT2D eigenvalue weighted by Crippen LogP contribution is 2.28. The van der Waals surface area contributed by atoms with E-state index in [9.17, 15) is 8.42 Å². The van der Waals surface area contributed by atoms with Crippen LogP contribution in [0, 0.1) is 11.8 Å². The van der Waals surface area contributed by atoms with E-state index in [1.54, 1.807) is 48.7 Å². The zero-order valence-corrected chi connectivity index (χ0v) is 23.6. The maximum Gasteiger partial charge on any atom is 0.268 e. The number of nitrogens with one attached hydrogen (secondary N) is 2. The molecular weight excluding hydrogens is 532 g/mol. The summed E-state index contributed by atoms with van der Waals surface area (Å²) in [6, 6.07) is 21.7. The Kier molecular flexibility index (Phi) is 7.96. The topological polar surface area (TPSA) is 92.1 Å². The van der Waals surface area contributed by atoms with Crippen molar-refractivity contribution in [1.82, 2.24) is 24.2 Å². The SMILES string of the molecule is O=S(=O)(c1ccccc1)n1ccc2cc(Nc3ncnc4ccc(C#CCNCCN5CCCCC5)cc34)ccc21. The average Bonchev–Trinajstić information content (AvgIpc) is 3.44. The molecule has 208 valence electrons. The fourth-order valence-corrected chi connectivity index (χ4v) is 6.57. The molecule has 1 aliphatic heterocycles. The van der Waals surface area contributed by atoms with Crippen LogP contribution in [-0.2, 0) is 10.0 Å². The maximum atomic E-state index is 13.2. The van der Waals surface area contributed by atoms with Crippen LogP contribution in [0.1, 0.15) is 24.8 Å². The van der Waals surface area contributed by atoms with Gasteiger partial charge in [-0.2, -0.15) is 0 Å². The summed E-state index contributed by atoms with van der Waals surface area (Å²) in [5.74, 6) is 7.14. The van der Waals surface area contributed by atoms with Crippen molar-refractivity contribution in [2.24, 2.45) is 0 Å². The van der Waals surface area contributed by atoms with E-state index in [1.807, 2.05) is 30.3 Å². The van der Waals surface area contributed by atoms with Gasteiger partial charge in [0.25, 0.3) is 10.0 Å². The smallest absolute Gasteiger partial charge is 0.268 e. The predicted octanol–water partition coefficient (Wildman–Crippen LogP) is 4.99. The Morgan fingerprint density at radius 3 is 2.61 bits per heavy atom. The lowest BCUT2D eigenvalue weighted by Gasteiger charge is -2.26. The van der Waals surface area contributed by atoms with Crippen LogP contribution < -0.4 is 10.6 Å². The molecule has 0 atom stereocenters. The fraction of sp³-hybridized carbons (Fsp3) is 0.250. The first kappa shape index (κ1) is 27.0. The van der Waals surface area contributed by atoms with Gasteiger partial charge in [0.15, 0.2) is 0 Å². The average molecular weight is 565 g/mol. The third kappa shape index (κ3) is 6.10. The zero-order chi connectivity index (χ0) is 28.1. The summed E-state index contributed by atoms with van der Waals surface area (Å²) in [4.78, 5) is 11.7.